The second-order valence-electron chi connectivity index (χ2n) is 7.26. The Morgan fingerprint density at radius 2 is 1.90 bits per heavy atom. The molecule has 0 spiro atoms. The Balaban J connectivity index is 1.39. The highest BCUT2D eigenvalue weighted by atomic mass is 16.1. The first-order valence-corrected chi connectivity index (χ1v) is 8.37. The van der Waals surface area contributed by atoms with Crippen LogP contribution in [0.25, 0.3) is 0 Å². The highest BCUT2D eigenvalue weighted by Gasteiger charge is 2.48. The minimum atomic E-state index is 0.103. The molecule has 2 saturated carbocycles. The van der Waals surface area contributed by atoms with Gasteiger partial charge < -0.3 is 16.0 Å². The first-order valence-electron chi connectivity index (χ1n) is 8.37. The Morgan fingerprint density at radius 1 is 1.20 bits per heavy atom. The molecule has 20 heavy (non-hydrogen) atoms. The second kappa shape index (κ2) is 6.02. The standard InChI is InChI=1S/C16H29N3O/c1-19-8-5-11(6-9-19)4-7-18-16(20)14-12-2-3-13(10-12)15(14)17/h11-15H,2-10,17H2,1H3,(H,18,20). The molecule has 3 rings (SSSR count). The molecular formula is C16H29N3O. The molecule has 1 amide bonds. The topological polar surface area (TPSA) is 58.4 Å². The van der Waals surface area contributed by atoms with Crippen LogP contribution in [-0.2, 0) is 4.79 Å². The van der Waals surface area contributed by atoms with Crippen molar-refractivity contribution in [2.75, 3.05) is 26.7 Å². The van der Waals surface area contributed by atoms with Crippen LogP contribution >= 0.6 is 0 Å². The third kappa shape index (κ3) is 2.86. The number of nitrogens with one attached hydrogen (secondary N) is 1. The summed E-state index contributed by atoms with van der Waals surface area (Å²) in [4.78, 5) is 14.7. The SMILES string of the molecule is CN1CCC(CCNC(=O)C2C3CCC(C3)C2N)CC1. The van der Waals surface area contributed by atoms with Gasteiger partial charge in [-0.2, -0.15) is 0 Å². The first kappa shape index (κ1) is 14.3. The van der Waals surface area contributed by atoms with E-state index in [0.717, 1.165) is 18.9 Å². The molecule has 2 aliphatic carbocycles. The summed E-state index contributed by atoms with van der Waals surface area (Å²) in [6, 6.07) is 0.122. The summed E-state index contributed by atoms with van der Waals surface area (Å²) in [5, 5.41) is 3.17. The lowest BCUT2D eigenvalue weighted by molar-refractivity contribution is -0.127. The lowest BCUT2D eigenvalue weighted by atomic mass is 9.84. The zero-order chi connectivity index (χ0) is 14.1. The van der Waals surface area contributed by atoms with Crippen LogP contribution in [0.5, 0.6) is 0 Å². The van der Waals surface area contributed by atoms with Gasteiger partial charge >= 0.3 is 0 Å². The van der Waals surface area contributed by atoms with Gasteiger partial charge in [-0.15, -0.1) is 0 Å². The fraction of sp³-hybridized carbons (Fsp3) is 0.938. The summed E-state index contributed by atoms with van der Waals surface area (Å²) < 4.78 is 0. The summed E-state index contributed by atoms with van der Waals surface area (Å²) >= 11 is 0. The lowest BCUT2D eigenvalue weighted by Crippen LogP contribution is -2.45. The maximum Gasteiger partial charge on any atom is 0.224 e. The molecule has 0 aromatic heterocycles. The van der Waals surface area contributed by atoms with E-state index in [1.807, 2.05) is 0 Å². The Bertz CT molecular complexity index is 350. The van der Waals surface area contributed by atoms with Crippen LogP contribution in [0, 0.1) is 23.7 Å². The third-order valence-electron chi connectivity index (χ3n) is 5.97. The van der Waals surface area contributed by atoms with E-state index in [4.69, 9.17) is 5.73 Å². The van der Waals surface area contributed by atoms with E-state index in [9.17, 15) is 4.79 Å². The first-order chi connectivity index (χ1) is 9.65. The molecule has 4 nitrogen and oxygen atoms in total. The van der Waals surface area contributed by atoms with Gasteiger partial charge in [-0.3, -0.25) is 4.79 Å². The van der Waals surface area contributed by atoms with Crippen molar-refractivity contribution in [1.29, 1.82) is 0 Å². The van der Waals surface area contributed by atoms with Crippen molar-refractivity contribution in [3.05, 3.63) is 0 Å². The monoisotopic (exact) mass is 279 g/mol. The normalized spacial score (nSPS) is 38.3. The van der Waals surface area contributed by atoms with Crippen LogP contribution in [0.4, 0.5) is 0 Å². The van der Waals surface area contributed by atoms with Gasteiger partial charge in [0.1, 0.15) is 0 Å². The van der Waals surface area contributed by atoms with Crippen LogP contribution in [0.1, 0.15) is 38.5 Å². The van der Waals surface area contributed by atoms with Gasteiger partial charge in [0.2, 0.25) is 5.91 Å². The Kier molecular flexibility index (Phi) is 4.32. The van der Waals surface area contributed by atoms with Gasteiger partial charge in [0, 0.05) is 12.6 Å². The van der Waals surface area contributed by atoms with Crippen LogP contribution < -0.4 is 11.1 Å². The van der Waals surface area contributed by atoms with E-state index >= 15 is 0 Å². The van der Waals surface area contributed by atoms with Crippen LogP contribution in [0.3, 0.4) is 0 Å². The van der Waals surface area contributed by atoms with Crippen LogP contribution in [-0.4, -0.2) is 43.5 Å². The zero-order valence-electron chi connectivity index (χ0n) is 12.7. The Hall–Kier alpha value is -0.610. The molecule has 3 aliphatic rings. The molecule has 0 radical (unpaired) electrons. The number of rotatable bonds is 4. The molecule has 4 atom stereocenters. The fourth-order valence-electron chi connectivity index (χ4n) is 4.59. The average Bonchev–Trinajstić information content (AvgIpc) is 3.01. The van der Waals surface area contributed by atoms with Crippen molar-refractivity contribution < 1.29 is 4.79 Å². The smallest absolute Gasteiger partial charge is 0.224 e. The second-order valence-corrected chi connectivity index (χ2v) is 7.26. The van der Waals surface area contributed by atoms with Crippen molar-refractivity contribution in [3.8, 4) is 0 Å². The van der Waals surface area contributed by atoms with Crippen molar-refractivity contribution in [3.63, 3.8) is 0 Å². The van der Waals surface area contributed by atoms with Crippen LogP contribution in [0.2, 0.25) is 0 Å². The van der Waals surface area contributed by atoms with E-state index in [2.05, 4.69) is 17.3 Å². The molecule has 4 unspecified atom stereocenters. The summed E-state index contributed by atoms with van der Waals surface area (Å²) in [5.74, 6) is 2.31. The molecule has 0 aromatic rings. The van der Waals surface area contributed by atoms with Gasteiger partial charge in [0.25, 0.3) is 0 Å². The number of nitrogens with zero attached hydrogens (tertiary/aromatic N) is 1. The van der Waals surface area contributed by atoms with Crippen molar-refractivity contribution >= 4 is 5.91 Å². The number of hydrogen-bond donors (Lipinski definition) is 2. The predicted octanol–water partition coefficient (Wildman–Crippen LogP) is 1.21. The predicted molar refractivity (Wildman–Crippen MR) is 80.1 cm³/mol. The number of carbonyl (C=O) groups is 1. The molecule has 1 saturated heterocycles. The van der Waals surface area contributed by atoms with E-state index in [0.29, 0.717) is 11.8 Å². The van der Waals surface area contributed by atoms with Gasteiger partial charge in [-0.25, -0.2) is 0 Å². The third-order valence-corrected chi connectivity index (χ3v) is 5.97. The van der Waals surface area contributed by atoms with Gasteiger partial charge in [0.15, 0.2) is 0 Å². The highest BCUT2D eigenvalue weighted by molar-refractivity contribution is 5.80. The minimum absolute atomic E-state index is 0.103. The van der Waals surface area contributed by atoms with Gasteiger partial charge in [-0.05, 0) is 76.4 Å². The van der Waals surface area contributed by atoms with E-state index in [1.54, 1.807) is 0 Å². The molecule has 0 aromatic carbocycles. The largest absolute Gasteiger partial charge is 0.356 e. The zero-order valence-corrected chi connectivity index (χ0v) is 12.7. The number of nitrogens with two attached hydrogens (primary N) is 1. The Morgan fingerprint density at radius 3 is 2.55 bits per heavy atom. The number of hydrogen-bond acceptors (Lipinski definition) is 3. The number of carbonyl (C=O) groups excluding carboxylic acids is 1. The van der Waals surface area contributed by atoms with Crippen molar-refractivity contribution in [1.82, 2.24) is 10.2 Å². The summed E-state index contributed by atoms with van der Waals surface area (Å²) in [6.45, 7) is 3.25. The molecule has 114 valence electrons. The van der Waals surface area contributed by atoms with Crippen molar-refractivity contribution in [2.24, 2.45) is 29.4 Å². The molecule has 1 aliphatic heterocycles. The van der Waals surface area contributed by atoms with E-state index in [1.165, 1.54) is 45.2 Å². The molecule has 2 bridgehead atoms. The van der Waals surface area contributed by atoms with Crippen molar-refractivity contribution in [2.45, 2.75) is 44.6 Å². The minimum Gasteiger partial charge on any atom is -0.356 e. The van der Waals surface area contributed by atoms with Gasteiger partial charge in [-0.1, -0.05) is 0 Å². The molecule has 4 heteroatoms. The summed E-state index contributed by atoms with van der Waals surface area (Å²) in [6.07, 6.45) is 7.33. The fourth-order valence-corrected chi connectivity index (χ4v) is 4.59. The summed E-state index contributed by atoms with van der Waals surface area (Å²) in [5.41, 5.74) is 6.23. The maximum absolute atomic E-state index is 12.3. The number of fused-ring (bicyclic) bond motifs is 2. The quantitative estimate of drug-likeness (QED) is 0.813. The van der Waals surface area contributed by atoms with Crippen LogP contribution in [0.15, 0.2) is 0 Å². The number of amides is 1. The number of likely N-dealkylation sites (tertiary alicyclic amines) is 1. The Labute approximate surface area is 122 Å². The number of piperidine rings is 1. The van der Waals surface area contributed by atoms with Gasteiger partial charge in [0.05, 0.1) is 5.92 Å². The lowest BCUT2D eigenvalue weighted by Gasteiger charge is -2.30. The molecule has 3 fully saturated rings. The van der Waals surface area contributed by atoms with E-state index < -0.39 is 0 Å². The average molecular weight is 279 g/mol. The molecule has 1 heterocycles. The highest BCUT2D eigenvalue weighted by Crippen LogP contribution is 2.47. The van der Waals surface area contributed by atoms with E-state index in [-0.39, 0.29) is 17.9 Å². The molecular weight excluding hydrogens is 250 g/mol. The summed E-state index contributed by atoms with van der Waals surface area (Å²) in [7, 11) is 2.19. The maximum atomic E-state index is 12.3. The molecule has 3 N–H and O–H groups in total.